The number of aromatic nitrogens is 3. The van der Waals surface area contributed by atoms with Crippen LogP contribution in [0.1, 0.15) is 32.9 Å². The van der Waals surface area contributed by atoms with E-state index in [4.69, 9.17) is 5.73 Å². The lowest BCUT2D eigenvalue weighted by molar-refractivity contribution is 0.111. The van der Waals surface area contributed by atoms with Gasteiger partial charge in [-0.1, -0.05) is 36.4 Å². The summed E-state index contributed by atoms with van der Waals surface area (Å²) in [5.41, 5.74) is 10.1. The number of carbonyl (C=O) groups excluding carboxylic acids is 1. The molecule has 0 saturated carbocycles. The van der Waals surface area contributed by atoms with Crippen LogP contribution >= 0.6 is 0 Å². The van der Waals surface area contributed by atoms with Crippen molar-refractivity contribution in [2.75, 3.05) is 12.0 Å². The van der Waals surface area contributed by atoms with Gasteiger partial charge in [0.05, 0.1) is 23.2 Å². The van der Waals surface area contributed by atoms with Crippen molar-refractivity contribution in [3.05, 3.63) is 87.0 Å². The van der Waals surface area contributed by atoms with Gasteiger partial charge >= 0.3 is 0 Å². The van der Waals surface area contributed by atoms with Crippen molar-refractivity contribution in [2.45, 2.75) is 20.4 Å². The minimum absolute atomic E-state index is 0.0874. The van der Waals surface area contributed by atoms with Gasteiger partial charge in [-0.2, -0.15) is 5.10 Å². The number of fused-ring (bicyclic) bond motifs is 2. The fourth-order valence-corrected chi connectivity index (χ4v) is 4.33. The van der Waals surface area contributed by atoms with E-state index in [1.807, 2.05) is 62.4 Å². The topological polar surface area (TPSA) is 107 Å². The molecule has 1 aliphatic rings. The molecule has 0 saturated heterocycles. The molecule has 4 aromatic rings. The van der Waals surface area contributed by atoms with Crippen molar-refractivity contribution in [3.63, 3.8) is 0 Å². The minimum Gasteiger partial charge on any atom is -0.383 e. The summed E-state index contributed by atoms with van der Waals surface area (Å²) in [4.78, 5) is 29.5. The highest BCUT2D eigenvalue weighted by Gasteiger charge is 2.24. The lowest BCUT2D eigenvalue weighted by Gasteiger charge is -2.19. The molecule has 0 atom stereocenters. The summed E-state index contributed by atoms with van der Waals surface area (Å²) < 4.78 is 3.41. The molecule has 2 aromatic carbocycles. The SMILES string of the molecule is Cc1ccccc1-n1c(Cn2nc(C=O)c3c2NCN=C3N)cc2cccc(C)c2c1=O. The van der Waals surface area contributed by atoms with E-state index in [2.05, 4.69) is 15.4 Å². The van der Waals surface area contributed by atoms with E-state index in [0.717, 1.165) is 27.9 Å². The third-order valence-corrected chi connectivity index (χ3v) is 5.84. The number of hydrogen-bond acceptors (Lipinski definition) is 6. The molecule has 8 heteroatoms. The third kappa shape index (κ3) is 2.99. The first-order valence-corrected chi connectivity index (χ1v) is 10.3. The van der Waals surface area contributed by atoms with Gasteiger partial charge in [-0.15, -0.1) is 0 Å². The zero-order chi connectivity index (χ0) is 22.4. The number of aliphatic imine (C=N–C) groups is 1. The Bertz CT molecular complexity index is 1480. The maximum Gasteiger partial charge on any atom is 0.263 e. The molecule has 5 rings (SSSR count). The lowest BCUT2D eigenvalue weighted by Crippen LogP contribution is -2.26. The number of nitrogens with two attached hydrogens (primary N) is 1. The van der Waals surface area contributed by atoms with Gasteiger partial charge in [0.15, 0.2) is 6.29 Å². The largest absolute Gasteiger partial charge is 0.383 e. The maximum absolute atomic E-state index is 13.7. The van der Waals surface area contributed by atoms with Crippen LogP contribution in [0.2, 0.25) is 0 Å². The molecular weight excluding hydrogens is 404 g/mol. The van der Waals surface area contributed by atoms with E-state index in [0.29, 0.717) is 29.7 Å². The number of hydrogen-bond donors (Lipinski definition) is 2. The van der Waals surface area contributed by atoms with Gasteiger partial charge in [-0.25, -0.2) is 9.67 Å². The Morgan fingerprint density at radius 1 is 1.12 bits per heavy atom. The van der Waals surface area contributed by atoms with Gasteiger partial charge in [-0.05, 0) is 42.5 Å². The number of pyridine rings is 1. The fourth-order valence-electron chi connectivity index (χ4n) is 4.33. The van der Waals surface area contributed by atoms with Crippen molar-refractivity contribution in [1.82, 2.24) is 14.3 Å². The second kappa shape index (κ2) is 7.49. The number of aldehydes is 1. The van der Waals surface area contributed by atoms with E-state index >= 15 is 0 Å². The van der Waals surface area contributed by atoms with E-state index in [-0.39, 0.29) is 23.6 Å². The smallest absolute Gasteiger partial charge is 0.263 e. The van der Waals surface area contributed by atoms with Crippen LogP contribution in [-0.4, -0.2) is 33.1 Å². The molecule has 0 bridgehead atoms. The van der Waals surface area contributed by atoms with Crippen LogP contribution < -0.4 is 16.6 Å². The number of benzene rings is 2. The number of rotatable bonds is 4. The quantitative estimate of drug-likeness (QED) is 0.488. The van der Waals surface area contributed by atoms with Crippen LogP contribution in [0.25, 0.3) is 16.5 Å². The van der Waals surface area contributed by atoms with Gasteiger partial charge in [0.2, 0.25) is 0 Å². The number of nitrogens with zero attached hydrogens (tertiary/aromatic N) is 4. The predicted molar refractivity (Wildman–Crippen MR) is 125 cm³/mol. The Balaban J connectivity index is 1.78. The average Bonchev–Trinajstić information content (AvgIpc) is 3.14. The molecule has 0 aliphatic carbocycles. The molecule has 32 heavy (non-hydrogen) atoms. The van der Waals surface area contributed by atoms with E-state index in [9.17, 15) is 9.59 Å². The molecule has 0 unspecified atom stereocenters. The van der Waals surface area contributed by atoms with Crippen molar-refractivity contribution in [1.29, 1.82) is 0 Å². The molecule has 8 nitrogen and oxygen atoms in total. The normalized spacial score (nSPS) is 12.9. The van der Waals surface area contributed by atoms with E-state index in [1.54, 1.807) is 9.25 Å². The first-order valence-electron chi connectivity index (χ1n) is 10.3. The van der Waals surface area contributed by atoms with Crippen LogP contribution in [0.3, 0.4) is 0 Å². The van der Waals surface area contributed by atoms with Crippen LogP contribution in [0, 0.1) is 13.8 Å². The standard InChI is InChI=1S/C24H22N6O2/c1-14-6-3-4-9-19(14)30-17(10-16-8-5-7-15(2)20(16)24(30)32)11-29-23-21(18(12-31)28-29)22(25)26-13-27-23/h3-10,12,27H,11,13H2,1-2H3,(H2,25,26). The average molecular weight is 426 g/mol. The van der Waals surface area contributed by atoms with Crippen LogP contribution in [0.5, 0.6) is 0 Å². The number of aryl methyl sites for hydroxylation is 2. The Morgan fingerprint density at radius 3 is 2.69 bits per heavy atom. The highest BCUT2D eigenvalue weighted by molar-refractivity contribution is 6.08. The monoisotopic (exact) mass is 426 g/mol. The minimum atomic E-state index is -0.0874. The molecule has 3 N–H and O–H groups in total. The Morgan fingerprint density at radius 2 is 1.91 bits per heavy atom. The van der Waals surface area contributed by atoms with Gasteiger partial charge in [-0.3, -0.25) is 14.2 Å². The fraction of sp³-hybridized carbons (Fsp3) is 0.167. The zero-order valence-electron chi connectivity index (χ0n) is 17.8. The van der Waals surface area contributed by atoms with Gasteiger partial charge in [0.1, 0.15) is 24.0 Å². The first kappa shape index (κ1) is 19.7. The predicted octanol–water partition coefficient (Wildman–Crippen LogP) is 2.75. The number of carbonyl (C=O) groups is 1. The Labute approximate surface area is 184 Å². The Hall–Kier alpha value is -4.20. The molecule has 0 fully saturated rings. The number of para-hydroxylation sites is 1. The maximum atomic E-state index is 13.7. The molecule has 3 heterocycles. The van der Waals surface area contributed by atoms with Crippen molar-refractivity contribution < 1.29 is 4.79 Å². The second-order valence-electron chi connectivity index (χ2n) is 7.86. The molecule has 0 radical (unpaired) electrons. The van der Waals surface area contributed by atoms with Gasteiger partial charge < -0.3 is 11.1 Å². The summed E-state index contributed by atoms with van der Waals surface area (Å²) >= 11 is 0. The summed E-state index contributed by atoms with van der Waals surface area (Å²) in [5, 5.41) is 9.15. The molecule has 0 amide bonds. The summed E-state index contributed by atoms with van der Waals surface area (Å²) in [5.74, 6) is 0.894. The Kier molecular flexibility index (Phi) is 4.62. The van der Waals surface area contributed by atoms with Crippen LogP contribution in [0.4, 0.5) is 5.82 Å². The third-order valence-electron chi connectivity index (χ3n) is 5.84. The summed E-state index contributed by atoms with van der Waals surface area (Å²) in [6.45, 7) is 4.48. The molecule has 160 valence electrons. The molecular formula is C24H22N6O2. The van der Waals surface area contributed by atoms with Crippen molar-refractivity contribution in [3.8, 4) is 5.69 Å². The van der Waals surface area contributed by atoms with Crippen molar-refractivity contribution >= 4 is 28.7 Å². The van der Waals surface area contributed by atoms with Crippen LogP contribution in [-0.2, 0) is 6.54 Å². The number of nitrogens with one attached hydrogen (secondary N) is 1. The summed E-state index contributed by atoms with van der Waals surface area (Å²) in [6, 6.07) is 15.6. The number of anilines is 1. The molecule has 1 aliphatic heterocycles. The lowest BCUT2D eigenvalue weighted by atomic mass is 10.1. The van der Waals surface area contributed by atoms with E-state index < -0.39 is 0 Å². The summed E-state index contributed by atoms with van der Waals surface area (Å²) in [7, 11) is 0. The zero-order valence-corrected chi connectivity index (χ0v) is 17.8. The number of amidine groups is 1. The highest BCUT2D eigenvalue weighted by atomic mass is 16.1. The van der Waals surface area contributed by atoms with Gasteiger partial charge in [0.25, 0.3) is 5.56 Å². The molecule has 2 aromatic heterocycles. The second-order valence-corrected chi connectivity index (χ2v) is 7.86. The van der Waals surface area contributed by atoms with Crippen LogP contribution in [0.15, 0.2) is 58.3 Å². The first-order chi connectivity index (χ1) is 15.5. The van der Waals surface area contributed by atoms with Crippen molar-refractivity contribution in [2.24, 2.45) is 10.7 Å². The summed E-state index contributed by atoms with van der Waals surface area (Å²) in [6.07, 6.45) is 0.670. The van der Waals surface area contributed by atoms with Gasteiger partial charge in [0, 0.05) is 5.69 Å². The highest BCUT2D eigenvalue weighted by Crippen LogP contribution is 2.25. The van der Waals surface area contributed by atoms with E-state index in [1.165, 1.54) is 0 Å². The molecule has 0 spiro atoms.